The molecule has 1 heterocycles. The van der Waals surface area contributed by atoms with Gasteiger partial charge in [-0.05, 0) is 30.9 Å². The minimum Gasteiger partial charge on any atom is -0.379 e. The van der Waals surface area contributed by atoms with Crippen molar-refractivity contribution in [3.63, 3.8) is 0 Å². The quantitative estimate of drug-likeness (QED) is 0.794. The van der Waals surface area contributed by atoms with Crippen LogP contribution in [-0.4, -0.2) is 18.8 Å². The summed E-state index contributed by atoms with van der Waals surface area (Å²) in [5.41, 5.74) is 9.27. The van der Waals surface area contributed by atoms with Gasteiger partial charge in [0.05, 0.1) is 18.6 Å². The summed E-state index contributed by atoms with van der Waals surface area (Å²) in [4.78, 5) is 0. The van der Waals surface area contributed by atoms with E-state index in [1.54, 1.807) is 0 Å². The van der Waals surface area contributed by atoms with Crippen LogP contribution in [0.4, 0.5) is 0 Å². The van der Waals surface area contributed by atoms with Gasteiger partial charge in [0.2, 0.25) is 0 Å². The van der Waals surface area contributed by atoms with E-state index in [9.17, 15) is 0 Å². The van der Waals surface area contributed by atoms with Crippen molar-refractivity contribution in [1.29, 1.82) is 0 Å². The monoisotopic (exact) mass is 203 g/mol. The first-order valence-electron chi connectivity index (χ1n) is 5.61. The largest absolute Gasteiger partial charge is 0.379 e. The molecule has 2 nitrogen and oxygen atoms in total. The average Bonchev–Trinajstić information content (AvgIpc) is 2.86. The van der Waals surface area contributed by atoms with Crippen LogP contribution in [0.5, 0.6) is 0 Å². The fourth-order valence-electron chi connectivity index (χ4n) is 2.74. The molecule has 0 atom stereocenters. The summed E-state index contributed by atoms with van der Waals surface area (Å²) >= 11 is 0. The number of aryl methyl sites for hydroxylation is 1. The van der Waals surface area contributed by atoms with Gasteiger partial charge in [0.1, 0.15) is 0 Å². The predicted octanol–water partition coefficient (Wildman–Crippen LogP) is 1.75. The minimum absolute atomic E-state index is 0.0113. The average molecular weight is 203 g/mol. The second-order valence-corrected chi connectivity index (χ2v) is 5.05. The van der Waals surface area contributed by atoms with E-state index in [1.807, 2.05) is 0 Å². The van der Waals surface area contributed by atoms with Crippen molar-refractivity contribution in [3.05, 3.63) is 35.4 Å². The maximum Gasteiger partial charge on any atom is 0.0603 e. The first-order valence-corrected chi connectivity index (χ1v) is 5.61. The molecule has 0 bridgehead atoms. The molecule has 0 aromatic heterocycles. The van der Waals surface area contributed by atoms with Gasteiger partial charge in [-0.2, -0.15) is 0 Å². The van der Waals surface area contributed by atoms with Crippen LogP contribution in [0.25, 0.3) is 0 Å². The summed E-state index contributed by atoms with van der Waals surface area (Å²) in [6, 6.07) is 8.57. The summed E-state index contributed by atoms with van der Waals surface area (Å²) in [5, 5.41) is 0. The molecule has 1 saturated heterocycles. The zero-order valence-electron chi connectivity index (χ0n) is 9.12. The van der Waals surface area contributed by atoms with Crippen molar-refractivity contribution >= 4 is 0 Å². The van der Waals surface area contributed by atoms with Crippen molar-refractivity contribution < 1.29 is 4.74 Å². The van der Waals surface area contributed by atoms with Gasteiger partial charge in [0, 0.05) is 5.54 Å². The Balaban J connectivity index is 2.08. The molecule has 1 aliphatic heterocycles. The molecule has 3 rings (SSSR count). The van der Waals surface area contributed by atoms with E-state index in [1.165, 1.54) is 11.1 Å². The third kappa shape index (κ3) is 1.12. The minimum atomic E-state index is 0.0113. The third-order valence-electron chi connectivity index (χ3n) is 4.10. The Bertz CT molecular complexity index is 391. The Morgan fingerprint density at radius 3 is 2.33 bits per heavy atom. The van der Waals surface area contributed by atoms with Crippen LogP contribution in [0.2, 0.25) is 0 Å². The van der Waals surface area contributed by atoms with Crippen LogP contribution in [-0.2, 0) is 10.2 Å². The van der Waals surface area contributed by atoms with Crippen LogP contribution in [0, 0.1) is 6.92 Å². The number of benzene rings is 1. The lowest BCUT2D eigenvalue weighted by atomic mass is 9.69. The SMILES string of the molecule is Cc1ccccc1C1(C2(N)CC2)COC1. The summed E-state index contributed by atoms with van der Waals surface area (Å²) in [6.45, 7) is 3.77. The van der Waals surface area contributed by atoms with Crippen LogP contribution in [0.1, 0.15) is 24.0 Å². The summed E-state index contributed by atoms with van der Waals surface area (Å²) in [6.07, 6.45) is 2.29. The molecule has 1 aliphatic carbocycles. The highest BCUT2D eigenvalue weighted by Gasteiger charge is 2.61. The van der Waals surface area contributed by atoms with Gasteiger partial charge in [0.15, 0.2) is 0 Å². The highest BCUT2D eigenvalue weighted by molar-refractivity contribution is 5.42. The van der Waals surface area contributed by atoms with Crippen LogP contribution in [0.15, 0.2) is 24.3 Å². The first kappa shape index (κ1) is 9.37. The molecule has 1 saturated carbocycles. The molecular weight excluding hydrogens is 186 g/mol. The molecule has 80 valence electrons. The van der Waals surface area contributed by atoms with Crippen LogP contribution in [0.3, 0.4) is 0 Å². The number of hydrogen-bond acceptors (Lipinski definition) is 2. The van der Waals surface area contributed by atoms with Gasteiger partial charge in [-0.25, -0.2) is 0 Å². The second kappa shape index (κ2) is 2.83. The number of nitrogens with two attached hydrogens (primary N) is 1. The van der Waals surface area contributed by atoms with E-state index in [4.69, 9.17) is 10.5 Å². The molecule has 1 aromatic carbocycles. The molecule has 15 heavy (non-hydrogen) atoms. The van der Waals surface area contributed by atoms with E-state index in [0.29, 0.717) is 0 Å². The summed E-state index contributed by atoms with van der Waals surface area (Å²) in [7, 11) is 0. The van der Waals surface area contributed by atoms with E-state index < -0.39 is 0 Å². The molecule has 2 heteroatoms. The van der Waals surface area contributed by atoms with Crippen molar-refractivity contribution in [2.45, 2.75) is 30.7 Å². The number of ether oxygens (including phenoxy) is 1. The maximum atomic E-state index is 6.41. The zero-order chi connectivity index (χ0) is 10.5. The Labute approximate surface area is 90.4 Å². The van der Waals surface area contributed by atoms with E-state index in [2.05, 4.69) is 31.2 Å². The van der Waals surface area contributed by atoms with Gasteiger partial charge in [-0.1, -0.05) is 24.3 Å². The lowest BCUT2D eigenvalue weighted by Gasteiger charge is -2.47. The van der Waals surface area contributed by atoms with E-state index >= 15 is 0 Å². The maximum absolute atomic E-state index is 6.41. The van der Waals surface area contributed by atoms with Crippen LogP contribution >= 0.6 is 0 Å². The Kier molecular flexibility index (Phi) is 1.77. The fourth-order valence-corrected chi connectivity index (χ4v) is 2.74. The molecule has 2 N–H and O–H groups in total. The van der Waals surface area contributed by atoms with Gasteiger partial charge in [-0.3, -0.25) is 0 Å². The second-order valence-electron chi connectivity index (χ2n) is 5.05. The lowest BCUT2D eigenvalue weighted by Crippen LogP contribution is -2.61. The summed E-state index contributed by atoms with van der Waals surface area (Å²) < 4.78 is 5.43. The van der Waals surface area contributed by atoms with Crippen molar-refractivity contribution in [2.75, 3.05) is 13.2 Å². The van der Waals surface area contributed by atoms with Crippen molar-refractivity contribution in [1.82, 2.24) is 0 Å². The van der Waals surface area contributed by atoms with E-state index in [0.717, 1.165) is 26.1 Å². The normalized spacial score (nSPS) is 25.7. The van der Waals surface area contributed by atoms with Gasteiger partial charge in [-0.15, -0.1) is 0 Å². The lowest BCUT2D eigenvalue weighted by molar-refractivity contribution is -0.0789. The topological polar surface area (TPSA) is 35.2 Å². The Morgan fingerprint density at radius 2 is 1.87 bits per heavy atom. The van der Waals surface area contributed by atoms with Crippen molar-refractivity contribution in [2.24, 2.45) is 5.73 Å². The Morgan fingerprint density at radius 1 is 1.20 bits per heavy atom. The smallest absolute Gasteiger partial charge is 0.0603 e. The molecule has 0 unspecified atom stereocenters. The zero-order valence-corrected chi connectivity index (χ0v) is 9.12. The fraction of sp³-hybridized carbons (Fsp3) is 0.538. The molecule has 0 spiro atoms. The molecular formula is C13H17NO. The van der Waals surface area contributed by atoms with Gasteiger partial charge in [0.25, 0.3) is 0 Å². The molecule has 0 radical (unpaired) electrons. The predicted molar refractivity (Wildman–Crippen MR) is 59.8 cm³/mol. The molecule has 0 amide bonds. The van der Waals surface area contributed by atoms with Gasteiger partial charge < -0.3 is 10.5 Å². The molecule has 2 fully saturated rings. The van der Waals surface area contributed by atoms with E-state index in [-0.39, 0.29) is 11.0 Å². The standard InChI is InChI=1S/C13H17NO/c1-10-4-2-3-5-11(10)12(8-15-9-12)13(14)6-7-13/h2-5H,6-9,14H2,1H3. The summed E-state index contributed by atoms with van der Waals surface area (Å²) in [5.74, 6) is 0. The Hall–Kier alpha value is -0.860. The molecule has 2 aliphatic rings. The number of hydrogen-bond donors (Lipinski definition) is 1. The highest BCUT2D eigenvalue weighted by atomic mass is 16.5. The van der Waals surface area contributed by atoms with Crippen molar-refractivity contribution in [3.8, 4) is 0 Å². The first-order chi connectivity index (χ1) is 7.18. The van der Waals surface area contributed by atoms with Crippen LogP contribution < -0.4 is 5.73 Å². The molecule has 1 aromatic rings. The number of rotatable bonds is 2. The highest BCUT2D eigenvalue weighted by Crippen LogP contribution is 2.53. The third-order valence-corrected chi connectivity index (χ3v) is 4.10. The van der Waals surface area contributed by atoms with Gasteiger partial charge >= 0.3 is 0 Å².